The number of aliphatic hydroxyl groups excluding tert-OH is 1. The molecule has 9 N–H and O–H groups in total. The van der Waals surface area contributed by atoms with Crippen molar-refractivity contribution in [3.8, 4) is 18.0 Å². The largest absolute Gasteiger partial charge is 0.467 e. The zero-order valence-corrected chi connectivity index (χ0v) is 59.6. The number of nitrogens with one attached hydrogen (secondary N) is 8. The molecule has 0 aromatic carbocycles. The van der Waals surface area contributed by atoms with Crippen molar-refractivity contribution < 1.29 is 23.7 Å². The van der Waals surface area contributed by atoms with Crippen molar-refractivity contribution >= 4 is 154 Å². The van der Waals surface area contributed by atoms with E-state index in [4.69, 9.17) is 81.7 Å². The average molecular weight is 1520 g/mol. The van der Waals surface area contributed by atoms with Crippen molar-refractivity contribution in [2.24, 2.45) is 14.1 Å². The Morgan fingerprint density at radius 1 is 0.466 bits per heavy atom. The van der Waals surface area contributed by atoms with E-state index in [2.05, 4.69) is 153 Å². The number of imidazole rings is 5. The third kappa shape index (κ3) is 20.5. The van der Waals surface area contributed by atoms with Gasteiger partial charge in [-0.15, -0.1) is 11.3 Å². The number of aromatic nitrogens is 26. The first-order valence-electron chi connectivity index (χ1n) is 31.2. The Morgan fingerprint density at radius 2 is 0.922 bits per heavy atom. The summed E-state index contributed by atoms with van der Waals surface area (Å²) in [6.07, 6.45) is 19.5. The molecule has 15 heterocycles. The van der Waals surface area contributed by atoms with Crippen LogP contribution in [0.1, 0.15) is 60.8 Å². The number of pyridine rings is 1. The molecule has 0 aliphatic carbocycles. The highest BCUT2D eigenvalue weighted by Crippen LogP contribution is 2.28. The number of fused-ring (bicyclic) bond motifs is 5. The Labute approximate surface area is 612 Å². The van der Waals surface area contributed by atoms with Crippen LogP contribution in [0, 0.1) is 0 Å². The fraction of sp³-hybridized carbons (Fsp3) is 0.262. The van der Waals surface area contributed by atoms with Crippen molar-refractivity contribution in [3.05, 3.63) is 158 Å². The number of aryl methyl sites for hydroxylation is 2. The van der Waals surface area contributed by atoms with Gasteiger partial charge in [0.05, 0.1) is 76.3 Å². The first-order chi connectivity index (χ1) is 50.2. The summed E-state index contributed by atoms with van der Waals surface area (Å²) in [5.41, 5.74) is 8.73. The van der Waals surface area contributed by atoms with Crippen LogP contribution in [0.3, 0.4) is 0 Å². The third-order valence-electron chi connectivity index (χ3n) is 13.8. The van der Waals surface area contributed by atoms with E-state index in [1.165, 1.54) is 12.7 Å². The summed E-state index contributed by atoms with van der Waals surface area (Å²) >= 11 is 31.1. The Balaban J connectivity index is 0.000000129. The lowest BCUT2D eigenvalue weighted by molar-refractivity contribution is 0.193. The predicted molar refractivity (Wildman–Crippen MR) is 387 cm³/mol. The normalized spacial score (nSPS) is 10.9. The second-order valence-electron chi connectivity index (χ2n) is 21.1. The maximum atomic E-state index is 8.78. The summed E-state index contributed by atoms with van der Waals surface area (Å²) in [7, 11) is 3.76. The van der Waals surface area contributed by atoms with Crippen LogP contribution in [0.25, 0.3) is 55.8 Å². The molecule has 0 fully saturated rings. The van der Waals surface area contributed by atoms with Gasteiger partial charge in [-0.2, -0.15) is 64.8 Å². The van der Waals surface area contributed by atoms with Crippen LogP contribution in [0.15, 0.2) is 109 Å². The van der Waals surface area contributed by atoms with E-state index in [-0.39, 0.29) is 45.6 Å². The molecule has 0 aliphatic heterocycles. The molecule has 532 valence electrons. The van der Waals surface area contributed by atoms with Gasteiger partial charge in [0.1, 0.15) is 57.6 Å². The van der Waals surface area contributed by atoms with Gasteiger partial charge in [0.25, 0.3) is 18.0 Å². The predicted octanol–water partition coefficient (Wildman–Crippen LogP) is 10.5. The van der Waals surface area contributed by atoms with E-state index in [0.29, 0.717) is 132 Å². The summed E-state index contributed by atoms with van der Waals surface area (Å²) in [5, 5.41) is 28.2. The van der Waals surface area contributed by atoms with Gasteiger partial charge in [-0.1, -0.05) is 20.3 Å². The molecule has 0 bridgehead atoms. The number of nitrogens with zero attached hydrogens (tertiary/aromatic N) is 23. The summed E-state index contributed by atoms with van der Waals surface area (Å²) in [4.78, 5) is 95.6. The third-order valence-corrected chi connectivity index (χ3v) is 15.4. The Hall–Kier alpha value is -11.2. The molecule has 0 unspecified atom stereocenters. The topological polar surface area (TPSA) is 449 Å². The van der Waals surface area contributed by atoms with Crippen LogP contribution >= 0.6 is 69.3 Å². The minimum atomic E-state index is -0.101. The fourth-order valence-corrected chi connectivity index (χ4v) is 10.4. The highest BCUT2D eigenvalue weighted by atomic mass is 35.5. The van der Waals surface area contributed by atoms with Gasteiger partial charge in [-0.3, -0.25) is 4.98 Å². The second-order valence-corrected chi connectivity index (χ2v) is 23.8. The molecule has 0 atom stereocenters. The van der Waals surface area contributed by atoms with Crippen molar-refractivity contribution in [2.45, 2.75) is 65.8 Å². The molecule has 0 radical (unpaired) electrons. The Kier molecular flexibility index (Phi) is 25.8. The smallest absolute Gasteiger partial charge is 0.296 e. The van der Waals surface area contributed by atoms with Crippen molar-refractivity contribution in [1.29, 1.82) is 0 Å². The van der Waals surface area contributed by atoms with Gasteiger partial charge in [0.2, 0.25) is 26.4 Å². The lowest BCUT2D eigenvalue weighted by Crippen LogP contribution is -2.06. The number of anilines is 5. The number of hydrogen-bond donors (Lipinski definition) is 9. The molecule has 0 aliphatic rings. The van der Waals surface area contributed by atoms with E-state index in [1.807, 2.05) is 71.9 Å². The molecule has 15 rings (SSSR count). The molecule has 0 amide bonds. The molecular weight excluding hydrogens is 1460 g/mol. The molecule has 42 heteroatoms. The van der Waals surface area contributed by atoms with E-state index < -0.39 is 0 Å². The number of aromatic amines is 3. The standard InChI is InChI=1S/C13H14ClN7O.C13H13ClN6O2.C13H15ClN6OS.C11H10ClN7.C11H10ClN5O/c1-2-5-22-13-18-9-10(19-12(14)20-11(9)21-13)16-6-8-3-4-15-7-17-8;14-12-18-10(16-7-8-1-3-15-4-2-8)9-11(19-12)20-13(17-9)22-6-5-21;1-2-3-5-21-13-17-9-10(16-7-8-15-4-6-22-8)18-12(14)19-11(9)20-13;1-19-6-16-10-8(19)9(17-11(12)18-10)14-4-7-2-3-13-5-15-7;1-17-6-14-10-8(17)9(15-11(12)16-10)13-5-7-3-2-4-18-7/h3-4,7H,2,5-6H2,1H3,(H2,16,18,19,20,21);1-4,21H,5-7H2,(H2,16,17,18,19,20);4,6H,2-3,5,7H2,1H3,(H2,16,17,18,19,20);2-3,5-6H,4H2,1H3,(H,14,17,18);2-4,6H,5H2,1H3,(H,13,15,16). The number of hydrogen-bond acceptors (Lipinski definition) is 32. The number of H-pyrrole nitrogens is 3. The molecule has 0 spiro atoms. The first-order valence-corrected chi connectivity index (χ1v) is 34.0. The number of ether oxygens (including phenoxy) is 3. The number of unbranched alkanes of at least 4 members (excludes halogenated alkanes) is 1. The van der Waals surface area contributed by atoms with Gasteiger partial charge in [-0.25, -0.2) is 34.9 Å². The summed E-state index contributed by atoms with van der Waals surface area (Å²) < 4.78 is 25.2. The number of aliphatic hydroxyl groups is 1. The Bertz CT molecular complexity index is 5010. The summed E-state index contributed by atoms with van der Waals surface area (Å²) in [6.45, 7) is 8.00. The molecule has 0 saturated heterocycles. The maximum Gasteiger partial charge on any atom is 0.296 e. The molecule has 36 nitrogen and oxygen atoms in total. The SMILES string of the molecule is CCCCOc1nc2nc(Cl)nc(NCc3nccs3)c2[nH]1.CCCOc1nc2nc(Cl)nc(NCc3ccncn3)c2[nH]1.Cn1cnc2nc(Cl)nc(NCc3ccco3)c21.Cn1cnc2nc(Cl)nc(NCc3ccncn3)c21.OCCOc1nc2nc(Cl)nc(NCc3ccncc3)c2[nH]1. The molecule has 15 aromatic rings. The number of halogens is 5. The van der Waals surface area contributed by atoms with Gasteiger partial charge < -0.3 is 74.4 Å². The fourth-order valence-electron chi connectivity index (χ4n) is 9.06. The maximum absolute atomic E-state index is 8.78. The van der Waals surface area contributed by atoms with Gasteiger partial charge in [-0.05, 0) is 113 Å². The lowest BCUT2D eigenvalue weighted by atomic mass is 10.3. The van der Waals surface area contributed by atoms with Crippen LogP contribution in [-0.4, -0.2) is 160 Å². The number of furan rings is 1. The quantitative estimate of drug-likeness (QED) is 0.0190. The number of rotatable bonds is 25. The van der Waals surface area contributed by atoms with Crippen molar-refractivity contribution in [2.75, 3.05) is 53.0 Å². The number of thiazole rings is 1. The van der Waals surface area contributed by atoms with Crippen LogP contribution < -0.4 is 40.8 Å². The minimum absolute atomic E-state index is 0.0879. The molecule has 15 aromatic heterocycles. The van der Waals surface area contributed by atoms with E-state index >= 15 is 0 Å². The van der Waals surface area contributed by atoms with Gasteiger partial charge in [0.15, 0.2) is 57.3 Å². The molecular formula is C61H62Cl5N31O5S. The monoisotopic (exact) mass is 1520 g/mol. The zero-order chi connectivity index (χ0) is 71.9. The molecule has 103 heavy (non-hydrogen) atoms. The average Bonchev–Trinajstić information content (AvgIpc) is 1.72. The minimum Gasteiger partial charge on any atom is -0.467 e. The highest BCUT2D eigenvalue weighted by molar-refractivity contribution is 7.09. The Morgan fingerprint density at radius 3 is 1.38 bits per heavy atom. The van der Waals surface area contributed by atoms with Crippen LogP contribution in [0.5, 0.6) is 18.0 Å². The van der Waals surface area contributed by atoms with Crippen LogP contribution in [-0.2, 0) is 46.8 Å². The first kappa shape index (κ1) is 73.0. The van der Waals surface area contributed by atoms with E-state index in [1.54, 1.807) is 61.2 Å². The van der Waals surface area contributed by atoms with Gasteiger partial charge in [0, 0.05) is 57.0 Å². The van der Waals surface area contributed by atoms with Crippen molar-refractivity contribution in [3.63, 3.8) is 0 Å². The van der Waals surface area contributed by atoms with Crippen molar-refractivity contribution in [1.82, 2.24) is 129 Å². The van der Waals surface area contributed by atoms with Crippen LogP contribution in [0.4, 0.5) is 29.1 Å². The van der Waals surface area contributed by atoms with E-state index in [9.17, 15) is 0 Å². The van der Waals surface area contributed by atoms with Gasteiger partial charge >= 0.3 is 0 Å². The lowest BCUT2D eigenvalue weighted by Gasteiger charge is -2.07. The highest BCUT2D eigenvalue weighted by Gasteiger charge is 2.18. The second kappa shape index (κ2) is 36.4. The van der Waals surface area contributed by atoms with Crippen LogP contribution in [0.2, 0.25) is 26.4 Å². The summed E-state index contributed by atoms with van der Waals surface area (Å²) in [6, 6.07) is 12.3. The molecule has 0 saturated carbocycles. The van der Waals surface area contributed by atoms with E-state index in [0.717, 1.165) is 58.0 Å². The summed E-state index contributed by atoms with van der Waals surface area (Å²) in [5.74, 6) is 3.75. The zero-order valence-electron chi connectivity index (χ0n) is 55.0.